The maximum absolute atomic E-state index is 11.9. The molecule has 0 aliphatic heterocycles. The summed E-state index contributed by atoms with van der Waals surface area (Å²) in [5, 5.41) is 5.47. The summed E-state index contributed by atoms with van der Waals surface area (Å²) in [5.74, 6) is 5.11. The SMILES string of the molecule is CC(NC(=O)c1ccnc(NN)c1)C(=O)NC1CC1. The van der Waals surface area contributed by atoms with Crippen LogP contribution in [0.2, 0.25) is 0 Å². The molecule has 0 bridgehead atoms. The van der Waals surface area contributed by atoms with Crippen molar-refractivity contribution in [1.82, 2.24) is 15.6 Å². The van der Waals surface area contributed by atoms with Crippen molar-refractivity contribution in [3.63, 3.8) is 0 Å². The van der Waals surface area contributed by atoms with Gasteiger partial charge in [-0.25, -0.2) is 10.8 Å². The average molecular weight is 263 g/mol. The van der Waals surface area contributed by atoms with Crippen LogP contribution in [0.4, 0.5) is 5.82 Å². The van der Waals surface area contributed by atoms with Crippen molar-refractivity contribution in [2.45, 2.75) is 31.8 Å². The van der Waals surface area contributed by atoms with E-state index in [9.17, 15) is 9.59 Å². The second-order valence-corrected chi connectivity index (χ2v) is 4.55. The van der Waals surface area contributed by atoms with Crippen LogP contribution in [0.25, 0.3) is 0 Å². The molecule has 1 aromatic heterocycles. The smallest absolute Gasteiger partial charge is 0.252 e. The van der Waals surface area contributed by atoms with Crippen LogP contribution in [0.1, 0.15) is 30.1 Å². The molecule has 0 spiro atoms. The highest BCUT2D eigenvalue weighted by Crippen LogP contribution is 2.18. The van der Waals surface area contributed by atoms with E-state index in [0.29, 0.717) is 11.4 Å². The standard InChI is InChI=1S/C12H17N5O2/c1-7(11(18)16-9-2-3-9)15-12(19)8-4-5-14-10(6-8)17-13/h4-7,9H,2-3,13H2,1H3,(H,14,17)(H,15,19)(H,16,18). The normalized spacial score (nSPS) is 15.5. The van der Waals surface area contributed by atoms with E-state index in [2.05, 4.69) is 21.0 Å². The number of aromatic nitrogens is 1. The number of pyridine rings is 1. The van der Waals surface area contributed by atoms with Gasteiger partial charge in [0.1, 0.15) is 11.9 Å². The number of nitrogens with two attached hydrogens (primary N) is 1. The highest BCUT2D eigenvalue weighted by molar-refractivity contribution is 5.97. The number of hydrogen-bond donors (Lipinski definition) is 4. The fraction of sp³-hybridized carbons (Fsp3) is 0.417. The van der Waals surface area contributed by atoms with Gasteiger partial charge in [0, 0.05) is 17.8 Å². The maximum atomic E-state index is 11.9. The molecule has 1 fully saturated rings. The van der Waals surface area contributed by atoms with Crippen LogP contribution in [-0.2, 0) is 4.79 Å². The molecule has 102 valence electrons. The molecule has 2 amide bonds. The molecule has 1 atom stereocenters. The Hall–Kier alpha value is -2.15. The molecule has 19 heavy (non-hydrogen) atoms. The Bertz CT molecular complexity index is 487. The van der Waals surface area contributed by atoms with Gasteiger partial charge in [-0.2, -0.15) is 0 Å². The number of hydrazine groups is 1. The summed E-state index contributed by atoms with van der Waals surface area (Å²) >= 11 is 0. The van der Waals surface area contributed by atoms with Gasteiger partial charge in [0.05, 0.1) is 0 Å². The Labute approximate surface area is 110 Å². The number of hydrogen-bond acceptors (Lipinski definition) is 5. The first-order chi connectivity index (χ1) is 9.10. The zero-order valence-electron chi connectivity index (χ0n) is 10.6. The lowest BCUT2D eigenvalue weighted by molar-refractivity contribution is -0.122. The average Bonchev–Trinajstić information content (AvgIpc) is 3.22. The second kappa shape index (κ2) is 5.66. The minimum absolute atomic E-state index is 0.165. The Balaban J connectivity index is 1.93. The van der Waals surface area contributed by atoms with E-state index >= 15 is 0 Å². The van der Waals surface area contributed by atoms with Crippen molar-refractivity contribution in [3.8, 4) is 0 Å². The molecule has 0 saturated heterocycles. The van der Waals surface area contributed by atoms with E-state index in [0.717, 1.165) is 12.8 Å². The number of carbonyl (C=O) groups is 2. The van der Waals surface area contributed by atoms with Crippen LogP contribution in [-0.4, -0.2) is 28.9 Å². The van der Waals surface area contributed by atoms with Crippen LogP contribution < -0.4 is 21.9 Å². The molecule has 0 radical (unpaired) electrons. The second-order valence-electron chi connectivity index (χ2n) is 4.55. The van der Waals surface area contributed by atoms with Crippen molar-refractivity contribution in [3.05, 3.63) is 23.9 Å². The van der Waals surface area contributed by atoms with Gasteiger partial charge < -0.3 is 16.1 Å². The molecule has 1 heterocycles. The van der Waals surface area contributed by atoms with Gasteiger partial charge in [-0.3, -0.25) is 9.59 Å². The van der Waals surface area contributed by atoms with Gasteiger partial charge in [0.25, 0.3) is 5.91 Å². The van der Waals surface area contributed by atoms with Gasteiger partial charge >= 0.3 is 0 Å². The van der Waals surface area contributed by atoms with Gasteiger partial charge in [0.15, 0.2) is 0 Å². The molecule has 2 rings (SSSR count). The number of nitrogens with zero attached hydrogens (tertiary/aromatic N) is 1. The van der Waals surface area contributed by atoms with Gasteiger partial charge in [-0.15, -0.1) is 0 Å². The Morgan fingerprint density at radius 2 is 2.21 bits per heavy atom. The summed E-state index contributed by atoms with van der Waals surface area (Å²) in [6, 6.07) is 2.78. The lowest BCUT2D eigenvalue weighted by Gasteiger charge is -2.14. The van der Waals surface area contributed by atoms with E-state index in [1.807, 2.05) is 0 Å². The number of nitrogen functional groups attached to an aromatic ring is 1. The molecule has 1 aromatic rings. The summed E-state index contributed by atoms with van der Waals surface area (Å²) in [4.78, 5) is 27.6. The molecule has 1 aliphatic carbocycles. The summed E-state index contributed by atoms with van der Waals surface area (Å²) in [7, 11) is 0. The molecule has 5 N–H and O–H groups in total. The van der Waals surface area contributed by atoms with Crippen molar-refractivity contribution >= 4 is 17.6 Å². The van der Waals surface area contributed by atoms with Crippen molar-refractivity contribution in [2.75, 3.05) is 5.43 Å². The lowest BCUT2D eigenvalue weighted by Crippen LogP contribution is -2.45. The topological polar surface area (TPSA) is 109 Å². The van der Waals surface area contributed by atoms with Gasteiger partial charge in [-0.1, -0.05) is 0 Å². The number of nitrogens with one attached hydrogen (secondary N) is 3. The number of rotatable bonds is 5. The van der Waals surface area contributed by atoms with Crippen molar-refractivity contribution < 1.29 is 9.59 Å². The minimum Gasteiger partial charge on any atom is -0.352 e. The van der Waals surface area contributed by atoms with Crippen LogP contribution in [0.3, 0.4) is 0 Å². The molecule has 7 heteroatoms. The van der Waals surface area contributed by atoms with E-state index in [-0.39, 0.29) is 17.9 Å². The third-order valence-electron chi connectivity index (χ3n) is 2.83. The van der Waals surface area contributed by atoms with Gasteiger partial charge in [-0.05, 0) is 31.9 Å². The van der Waals surface area contributed by atoms with E-state index in [1.165, 1.54) is 12.3 Å². The fourth-order valence-electron chi connectivity index (χ4n) is 1.55. The Kier molecular flexibility index (Phi) is 3.96. The number of carbonyl (C=O) groups excluding carboxylic acids is 2. The first-order valence-electron chi connectivity index (χ1n) is 6.14. The first kappa shape index (κ1) is 13.3. The number of anilines is 1. The van der Waals surface area contributed by atoms with Crippen molar-refractivity contribution in [2.24, 2.45) is 5.84 Å². The minimum atomic E-state index is -0.574. The fourth-order valence-corrected chi connectivity index (χ4v) is 1.55. The molecule has 1 aliphatic rings. The van der Waals surface area contributed by atoms with Crippen LogP contribution >= 0.6 is 0 Å². The summed E-state index contributed by atoms with van der Waals surface area (Å²) in [6.45, 7) is 1.65. The highest BCUT2D eigenvalue weighted by Gasteiger charge is 2.26. The molecule has 0 aromatic carbocycles. The molecular weight excluding hydrogens is 246 g/mol. The molecule has 1 unspecified atom stereocenters. The van der Waals surface area contributed by atoms with Crippen molar-refractivity contribution in [1.29, 1.82) is 0 Å². The largest absolute Gasteiger partial charge is 0.352 e. The summed E-state index contributed by atoms with van der Waals surface area (Å²) in [5.41, 5.74) is 2.76. The predicted molar refractivity (Wildman–Crippen MR) is 70.1 cm³/mol. The molecular formula is C12H17N5O2. The third kappa shape index (κ3) is 3.65. The van der Waals surface area contributed by atoms with Crippen LogP contribution in [0.5, 0.6) is 0 Å². The lowest BCUT2D eigenvalue weighted by atomic mass is 10.2. The molecule has 7 nitrogen and oxygen atoms in total. The van der Waals surface area contributed by atoms with Crippen LogP contribution in [0, 0.1) is 0 Å². The zero-order valence-corrected chi connectivity index (χ0v) is 10.6. The van der Waals surface area contributed by atoms with Gasteiger partial charge in [0.2, 0.25) is 5.91 Å². The first-order valence-corrected chi connectivity index (χ1v) is 6.14. The Morgan fingerprint density at radius 1 is 1.47 bits per heavy atom. The molecule has 1 saturated carbocycles. The quantitative estimate of drug-likeness (QED) is 0.433. The third-order valence-corrected chi connectivity index (χ3v) is 2.83. The summed E-state index contributed by atoms with van der Waals surface area (Å²) < 4.78 is 0. The summed E-state index contributed by atoms with van der Waals surface area (Å²) in [6.07, 6.45) is 3.50. The zero-order chi connectivity index (χ0) is 13.8. The van der Waals surface area contributed by atoms with E-state index in [1.54, 1.807) is 13.0 Å². The van der Waals surface area contributed by atoms with E-state index < -0.39 is 6.04 Å². The Morgan fingerprint density at radius 3 is 2.84 bits per heavy atom. The maximum Gasteiger partial charge on any atom is 0.252 e. The van der Waals surface area contributed by atoms with E-state index in [4.69, 9.17) is 5.84 Å². The predicted octanol–water partition coefficient (Wildman–Crippen LogP) is -0.236. The number of amides is 2. The highest BCUT2D eigenvalue weighted by atomic mass is 16.2. The monoisotopic (exact) mass is 263 g/mol. The van der Waals surface area contributed by atoms with Crippen LogP contribution in [0.15, 0.2) is 18.3 Å².